The standard InChI is InChI=1S/C6H11FIO10P3/c7-5-1-4(8)2-6(5)16-3-19(9,10)17-21(14,15)18-20(11,12)13/h1,4,6H,2-3H2,(H,9,10)(H,14,15)(H2,11,12,13)/t4-,6-/m1/s1. The van der Waals surface area contributed by atoms with Gasteiger partial charge in [0.25, 0.3) is 0 Å². The van der Waals surface area contributed by atoms with Gasteiger partial charge >= 0.3 is 23.2 Å². The number of phosphoric acid groups is 2. The summed E-state index contributed by atoms with van der Waals surface area (Å²) >= 11 is 1.91. The largest absolute Gasteiger partial charge is 0.488 e. The molecule has 0 saturated carbocycles. The predicted molar refractivity (Wildman–Crippen MR) is 75.2 cm³/mol. The summed E-state index contributed by atoms with van der Waals surface area (Å²) in [6.45, 7) is 0. The normalized spacial score (nSPS) is 28.8. The molecule has 0 radical (unpaired) electrons. The van der Waals surface area contributed by atoms with E-state index < -0.39 is 41.5 Å². The minimum Gasteiger partial charge on any atom is -0.358 e. The van der Waals surface area contributed by atoms with Gasteiger partial charge in [-0.2, -0.15) is 4.31 Å². The number of rotatable bonds is 7. The summed E-state index contributed by atoms with van der Waals surface area (Å²) in [5.41, 5.74) is 0. The second-order valence-corrected chi connectivity index (χ2v) is 10.2. The van der Waals surface area contributed by atoms with Crippen molar-refractivity contribution in [1.82, 2.24) is 0 Å². The van der Waals surface area contributed by atoms with Crippen LogP contribution < -0.4 is 0 Å². The summed E-state index contributed by atoms with van der Waals surface area (Å²) in [5, 5.41) is 0. The Morgan fingerprint density at radius 2 is 1.81 bits per heavy atom. The van der Waals surface area contributed by atoms with Gasteiger partial charge in [0.1, 0.15) is 18.3 Å². The number of halogens is 2. The summed E-state index contributed by atoms with van der Waals surface area (Å²) in [6, 6.07) is 0. The maximum Gasteiger partial charge on any atom is 0.488 e. The number of hydrogen-bond donors (Lipinski definition) is 4. The van der Waals surface area contributed by atoms with Gasteiger partial charge in [-0.25, -0.2) is 17.8 Å². The molecule has 1 rings (SSSR count). The summed E-state index contributed by atoms with van der Waals surface area (Å²) in [7, 11) is -15.8. The van der Waals surface area contributed by atoms with Crippen LogP contribution in [0.15, 0.2) is 11.9 Å². The lowest BCUT2D eigenvalue weighted by atomic mass is 10.3. The van der Waals surface area contributed by atoms with Crippen LogP contribution in [0.2, 0.25) is 0 Å². The lowest BCUT2D eigenvalue weighted by Gasteiger charge is -2.18. The van der Waals surface area contributed by atoms with E-state index in [2.05, 4.69) is 8.62 Å². The first-order chi connectivity index (χ1) is 9.30. The van der Waals surface area contributed by atoms with Crippen LogP contribution in [0.25, 0.3) is 0 Å². The molecule has 15 heteroatoms. The van der Waals surface area contributed by atoms with Gasteiger partial charge in [0.15, 0.2) is 0 Å². The Kier molecular flexibility index (Phi) is 6.75. The van der Waals surface area contributed by atoms with Crippen LogP contribution in [0.4, 0.5) is 4.39 Å². The molecule has 0 fully saturated rings. The van der Waals surface area contributed by atoms with E-state index in [1.54, 1.807) is 0 Å². The molecule has 124 valence electrons. The summed E-state index contributed by atoms with van der Waals surface area (Å²) < 4.78 is 57.9. The first-order valence-electron chi connectivity index (χ1n) is 5.05. The topological polar surface area (TPSA) is 160 Å². The van der Waals surface area contributed by atoms with Crippen molar-refractivity contribution >= 4 is 45.8 Å². The zero-order valence-electron chi connectivity index (χ0n) is 9.98. The van der Waals surface area contributed by atoms with Crippen LogP contribution in [0.1, 0.15) is 6.42 Å². The van der Waals surface area contributed by atoms with E-state index in [-0.39, 0.29) is 10.3 Å². The molecule has 4 atom stereocenters. The van der Waals surface area contributed by atoms with E-state index >= 15 is 0 Å². The Morgan fingerprint density at radius 1 is 1.24 bits per heavy atom. The van der Waals surface area contributed by atoms with E-state index in [0.717, 1.165) is 0 Å². The van der Waals surface area contributed by atoms with Gasteiger partial charge in [-0.05, 0) is 12.5 Å². The number of hydrogen-bond acceptors (Lipinski definition) is 6. The van der Waals surface area contributed by atoms with Crippen LogP contribution in [0, 0.1) is 0 Å². The maximum absolute atomic E-state index is 13.3. The second-order valence-electron chi connectivity index (χ2n) is 3.85. The SMILES string of the molecule is O=P(O)(O)OP(=O)(O)OP(=O)(O)CO[C@@H]1C[C@H](I)C=C1F. The average molecular weight is 482 g/mol. The van der Waals surface area contributed by atoms with Gasteiger partial charge < -0.3 is 24.3 Å². The van der Waals surface area contributed by atoms with E-state index in [9.17, 15) is 23.0 Å². The van der Waals surface area contributed by atoms with Crippen molar-refractivity contribution in [2.45, 2.75) is 16.4 Å². The molecular weight excluding hydrogens is 471 g/mol. The Hall–Kier alpha value is 0.810. The fourth-order valence-electron chi connectivity index (χ4n) is 1.33. The monoisotopic (exact) mass is 482 g/mol. The molecule has 4 N–H and O–H groups in total. The number of alkyl halides is 1. The second kappa shape index (κ2) is 7.14. The molecule has 0 spiro atoms. The molecule has 0 aromatic carbocycles. The van der Waals surface area contributed by atoms with Crippen LogP contribution in [0.3, 0.4) is 0 Å². The number of ether oxygens (including phenoxy) is 1. The fraction of sp³-hybridized carbons (Fsp3) is 0.667. The molecule has 0 aromatic heterocycles. The Balaban J connectivity index is 2.58. The molecule has 0 saturated heterocycles. The third-order valence-corrected chi connectivity index (χ3v) is 6.83. The summed E-state index contributed by atoms with van der Waals surface area (Å²) in [5.74, 6) is -0.659. The van der Waals surface area contributed by atoms with Crippen molar-refractivity contribution in [2.24, 2.45) is 0 Å². The first-order valence-corrected chi connectivity index (χ1v) is 11.1. The Bertz CT molecular complexity index is 559. The quantitative estimate of drug-likeness (QED) is 0.240. The van der Waals surface area contributed by atoms with E-state index in [1.807, 2.05) is 22.6 Å². The minimum absolute atomic E-state index is 0.173. The van der Waals surface area contributed by atoms with E-state index in [1.165, 1.54) is 6.08 Å². The van der Waals surface area contributed by atoms with E-state index in [0.29, 0.717) is 0 Å². The predicted octanol–water partition coefficient (Wildman–Crippen LogP) is 1.80. The molecule has 0 amide bonds. The zero-order valence-corrected chi connectivity index (χ0v) is 14.8. The van der Waals surface area contributed by atoms with Gasteiger partial charge in [0.05, 0.1) is 0 Å². The Morgan fingerprint density at radius 3 is 2.24 bits per heavy atom. The molecular formula is C6H11FIO10P3. The highest BCUT2D eigenvalue weighted by Gasteiger charge is 2.40. The maximum atomic E-state index is 13.3. The third kappa shape index (κ3) is 7.76. The fourth-order valence-corrected chi connectivity index (χ4v) is 5.45. The molecule has 10 nitrogen and oxygen atoms in total. The molecule has 0 bridgehead atoms. The smallest absolute Gasteiger partial charge is 0.358 e. The summed E-state index contributed by atoms with van der Waals surface area (Å²) in [6.07, 6.45) is -0.821. The highest BCUT2D eigenvalue weighted by molar-refractivity contribution is 14.1. The van der Waals surface area contributed by atoms with Crippen molar-refractivity contribution < 1.29 is 51.0 Å². The van der Waals surface area contributed by atoms with Crippen LogP contribution in [0.5, 0.6) is 0 Å². The molecule has 0 aromatic rings. The third-order valence-electron chi connectivity index (χ3n) is 1.97. The van der Waals surface area contributed by atoms with Crippen LogP contribution >= 0.6 is 45.8 Å². The van der Waals surface area contributed by atoms with Gasteiger partial charge in [-0.1, -0.05) is 22.6 Å². The van der Waals surface area contributed by atoms with Gasteiger partial charge in [-0.3, -0.25) is 4.57 Å². The van der Waals surface area contributed by atoms with Gasteiger partial charge in [0.2, 0.25) is 0 Å². The lowest BCUT2D eigenvalue weighted by Crippen LogP contribution is -2.13. The molecule has 21 heavy (non-hydrogen) atoms. The minimum atomic E-state index is -5.49. The molecule has 0 aliphatic heterocycles. The highest BCUT2D eigenvalue weighted by atomic mass is 127. The highest BCUT2D eigenvalue weighted by Crippen LogP contribution is 2.66. The molecule has 1 aliphatic carbocycles. The van der Waals surface area contributed by atoms with Crippen molar-refractivity contribution in [3.8, 4) is 0 Å². The first kappa shape index (κ1) is 19.9. The van der Waals surface area contributed by atoms with Gasteiger partial charge in [-0.15, -0.1) is 0 Å². The van der Waals surface area contributed by atoms with Crippen molar-refractivity contribution in [3.63, 3.8) is 0 Å². The molecule has 1 aliphatic rings. The Labute approximate surface area is 131 Å². The van der Waals surface area contributed by atoms with E-state index in [4.69, 9.17) is 19.4 Å². The summed E-state index contributed by atoms with van der Waals surface area (Å²) in [4.78, 5) is 34.8. The average Bonchev–Trinajstić information content (AvgIpc) is 2.48. The molecule has 2 unspecified atom stereocenters. The van der Waals surface area contributed by atoms with Crippen molar-refractivity contribution in [1.29, 1.82) is 0 Å². The molecule has 0 heterocycles. The van der Waals surface area contributed by atoms with Gasteiger partial charge in [0, 0.05) is 3.92 Å². The van der Waals surface area contributed by atoms with Crippen molar-refractivity contribution in [2.75, 3.05) is 6.35 Å². The van der Waals surface area contributed by atoms with Crippen LogP contribution in [-0.2, 0) is 27.1 Å². The van der Waals surface area contributed by atoms with Crippen molar-refractivity contribution in [3.05, 3.63) is 11.9 Å². The zero-order chi connectivity index (χ0) is 16.5. The lowest BCUT2D eigenvalue weighted by molar-refractivity contribution is 0.0865. The number of allylic oxidation sites excluding steroid dienone is 1. The van der Waals surface area contributed by atoms with Crippen LogP contribution in [-0.4, -0.2) is 36.0 Å².